The maximum atomic E-state index is 12.5. The summed E-state index contributed by atoms with van der Waals surface area (Å²) in [4.78, 5) is 24.6. The molecule has 5 nitrogen and oxygen atoms in total. The molecule has 1 unspecified atom stereocenters. The number of ketones is 1. The molecule has 0 bridgehead atoms. The van der Waals surface area contributed by atoms with E-state index in [1.54, 1.807) is 24.3 Å². The lowest BCUT2D eigenvalue weighted by Gasteiger charge is -2.14. The van der Waals surface area contributed by atoms with Crippen molar-refractivity contribution >= 4 is 27.7 Å². The minimum atomic E-state index is -0.501. The van der Waals surface area contributed by atoms with Gasteiger partial charge in [0.1, 0.15) is 0 Å². The predicted molar refractivity (Wildman–Crippen MR) is 102 cm³/mol. The van der Waals surface area contributed by atoms with Gasteiger partial charge in [0.25, 0.3) is 0 Å². The molecule has 1 aliphatic heterocycles. The Kier molecular flexibility index (Phi) is 5.94. The normalized spacial score (nSPS) is 16.7. The Morgan fingerprint density at radius 2 is 2.00 bits per heavy atom. The molecule has 0 radical (unpaired) electrons. The number of nitrogens with zero attached hydrogens (tertiary/aromatic N) is 1. The fraction of sp³-hybridized carbons (Fsp3) is 0.400. The summed E-state index contributed by atoms with van der Waals surface area (Å²) in [6.07, 6.45) is 2.34. The number of aromatic nitrogens is 1. The van der Waals surface area contributed by atoms with E-state index in [1.807, 2.05) is 19.9 Å². The third-order valence-corrected chi connectivity index (χ3v) is 5.23. The highest BCUT2D eigenvalue weighted by atomic mass is 79.9. The van der Waals surface area contributed by atoms with E-state index in [0.717, 1.165) is 41.9 Å². The molecular formula is C20H22BrNO4. The van der Waals surface area contributed by atoms with Crippen molar-refractivity contribution in [3.05, 3.63) is 57.3 Å². The first-order valence-corrected chi connectivity index (χ1v) is 9.49. The SMILES string of the molecule is Cc1cc(C(=O)COC(=O)c2ccc(Br)cc2)c(C)n1CC1CCCO1. The predicted octanol–water partition coefficient (Wildman–Crippen LogP) is 4.09. The Bertz CT molecular complexity index is 804. The van der Waals surface area contributed by atoms with E-state index < -0.39 is 5.97 Å². The molecule has 0 aliphatic carbocycles. The lowest BCUT2D eigenvalue weighted by molar-refractivity contribution is 0.0474. The van der Waals surface area contributed by atoms with Crippen LogP contribution in [0.15, 0.2) is 34.8 Å². The van der Waals surface area contributed by atoms with E-state index in [1.165, 1.54) is 0 Å². The van der Waals surface area contributed by atoms with Gasteiger partial charge in [-0.25, -0.2) is 4.79 Å². The summed E-state index contributed by atoms with van der Waals surface area (Å²) in [7, 11) is 0. The van der Waals surface area contributed by atoms with Crippen LogP contribution in [0.1, 0.15) is 44.9 Å². The third kappa shape index (κ3) is 4.24. The van der Waals surface area contributed by atoms with Crippen LogP contribution in [0.2, 0.25) is 0 Å². The summed E-state index contributed by atoms with van der Waals surface area (Å²) in [5.41, 5.74) is 2.93. The molecule has 6 heteroatoms. The Balaban J connectivity index is 1.64. The number of halogens is 1. The van der Waals surface area contributed by atoms with Gasteiger partial charge in [-0.1, -0.05) is 15.9 Å². The molecule has 0 N–H and O–H groups in total. The van der Waals surface area contributed by atoms with Gasteiger partial charge in [0, 0.05) is 34.6 Å². The van der Waals surface area contributed by atoms with E-state index >= 15 is 0 Å². The zero-order valence-electron chi connectivity index (χ0n) is 15.0. The van der Waals surface area contributed by atoms with Crippen LogP contribution in [0.3, 0.4) is 0 Å². The highest BCUT2D eigenvalue weighted by Gasteiger charge is 2.21. The number of rotatable bonds is 6. The van der Waals surface area contributed by atoms with E-state index in [-0.39, 0.29) is 18.5 Å². The zero-order chi connectivity index (χ0) is 18.7. The van der Waals surface area contributed by atoms with Crippen molar-refractivity contribution in [2.24, 2.45) is 0 Å². The Labute approximate surface area is 161 Å². The minimum Gasteiger partial charge on any atom is -0.454 e. The smallest absolute Gasteiger partial charge is 0.338 e. The fourth-order valence-electron chi connectivity index (χ4n) is 3.23. The monoisotopic (exact) mass is 419 g/mol. The Hall–Kier alpha value is -1.92. The Morgan fingerprint density at radius 3 is 2.65 bits per heavy atom. The second kappa shape index (κ2) is 8.18. The molecular weight excluding hydrogens is 398 g/mol. The average Bonchev–Trinajstić information content (AvgIpc) is 3.24. The molecule has 0 spiro atoms. The average molecular weight is 420 g/mol. The summed E-state index contributed by atoms with van der Waals surface area (Å²) in [5.74, 6) is -0.693. The first kappa shape index (κ1) is 18.9. The minimum absolute atomic E-state index is 0.192. The molecule has 1 aromatic carbocycles. The van der Waals surface area contributed by atoms with Crippen LogP contribution in [-0.4, -0.2) is 35.6 Å². The zero-order valence-corrected chi connectivity index (χ0v) is 16.5. The lowest BCUT2D eigenvalue weighted by atomic mass is 10.1. The molecule has 3 rings (SSSR count). The van der Waals surface area contributed by atoms with Crippen molar-refractivity contribution < 1.29 is 19.1 Å². The van der Waals surface area contributed by atoms with E-state index in [2.05, 4.69) is 20.5 Å². The van der Waals surface area contributed by atoms with Crippen LogP contribution in [0.25, 0.3) is 0 Å². The van der Waals surface area contributed by atoms with Crippen LogP contribution >= 0.6 is 15.9 Å². The number of ether oxygens (including phenoxy) is 2. The molecule has 26 heavy (non-hydrogen) atoms. The summed E-state index contributed by atoms with van der Waals surface area (Å²) < 4.78 is 13.9. The summed E-state index contributed by atoms with van der Waals surface area (Å²) in [6.45, 7) is 5.20. The molecule has 0 amide bonds. The molecule has 1 saturated heterocycles. The third-order valence-electron chi connectivity index (χ3n) is 4.70. The highest BCUT2D eigenvalue weighted by molar-refractivity contribution is 9.10. The Morgan fingerprint density at radius 1 is 1.27 bits per heavy atom. The number of carbonyl (C=O) groups excluding carboxylic acids is 2. The maximum Gasteiger partial charge on any atom is 0.338 e. The number of esters is 1. The van der Waals surface area contributed by atoms with Crippen molar-refractivity contribution in [3.63, 3.8) is 0 Å². The number of carbonyl (C=O) groups is 2. The molecule has 1 atom stereocenters. The van der Waals surface area contributed by atoms with Gasteiger partial charge in [-0.05, 0) is 57.0 Å². The number of hydrogen-bond donors (Lipinski definition) is 0. The van der Waals surface area contributed by atoms with Crippen molar-refractivity contribution in [3.8, 4) is 0 Å². The number of aryl methyl sites for hydroxylation is 1. The second-order valence-corrected chi connectivity index (χ2v) is 7.45. The van der Waals surface area contributed by atoms with Gasteiger partial charge in [0.2, 0.25) is 5.78 Å². The van der Waals surface area contributed by atoms with Gasteiger partial charge >= 0.3 is 5.97 Å². The second-order valence-electron chi connectivity index (χ2n) is 6.54. The number of benzene rings is 1. The van der Waals surface area contributed by atoms with E-state index in [9.17, 15) is 9.59 Å². The van der Waals surface area contributed by atoms with Crippen LogP contribution < -0.4 is 0 Å². The molecule has 1 aromatic heterocycles. The summed E-state index contributed by atoms with van der Waals surface area (Å²) in [5, 5.41) is 0. The van der Waals surface area contributed by atoms with Gasteiger partial charge in [-0.2, -0.15) is 0 Å². The van der Waals surface area contributed by atoms with Gasteiger partial charge in [-0.3, -0.25) is 4.79 Å². The van der Waals surface area contributed by atoms with Crippen LogP contribution in [0.5, 0.6) is 0 Å². The van der Waals surface area contributed by atoms with Crippen molar-refractivity contribution in [2.75, 3.05) is 13.2 Å². The van der Waals surface area contributed by atoms with Gasteiger partial charge < -0.3 is 14.0 Å². The molecule has 2 aromatic rings. The van der Waals surface area contributed by atoms with Crippen LogP contribution in [0, 0.1) is 13.8 Å². The highest BCUT2D eigenvalue weighted by Crippen LogP contribution is 2.21. The first-order valence-electron chi connectivity index (χ1n) is 8.70. The van der Waals surface area contributed by atoms with Crippen molar-refractivity contribution in [1.29, 1.82) is 0 Å². The number of Topliss-reactive ketones (excluding diaryl/α,β-unsaturated/α-hetero) is 1. The number of hydrogen-bond acceptors (Lipinski definition) is 4. The standard InChI is InChI=1S/C20H22BrNO4/c1-13-10-18(14(2)22(13)11-17-4-3-9-25-17)19(23)12-26-20(24)15-5-7-16(21)8-6-15/h5-8,10,17H,3-4,9,11-12H2,1-2H3. The first-order chi connectivity index (χ1) is 12.5. The largest absolute Gasteiger partial charge is 0.454 e. The molecule has 1 aliphatic rings. The fourth-order valence-corrected chi connectivity index (χ4v) is 3.50. The van der Waals surface area contributed by atoms with E-state index in [4.69, 9.17) is 9.47 Å². The van der Waals surface area contributed by atoms with Gasteiger partial charge in [-0.15, -0.1) is 0 Å². The van der Waals surface area contributed by atoms with E-state index in [0.29, 0.717) is 11.1 Å². The molecule has 0 saturated carbocycles. The molecule has 138 valence electrons. The summed E-state index contributed by atoms with van der Waals surface area (Å²) >= 11 is 3.32. The molecule has 2 heterocycles. The van der Waals surface area contributed by atoms with Crippen molar-refractivity contribution in [1.82, 2.24) is 4.57 Å². The van der Waals surface area contributed by atoms with Gasteiger partial charge in [0.05, 0.1) is 11.7 Å². The quantitative estimate of drug-likeness (QED) is 0.522. The maximum absolute atomic E-state index is 12.5. The topological polar surface area (TPSA) is 57.5 Å². The van der Waals surface area contributed by atoms with Gasteiger partial charge in [0.15, 0.2) is 6.61 Å². The summed E-state index contributed by atoms with van der Waals surface area (Å²) in [6, 6.07) is 8.70. The van der Waals surface area contributed by atoms with Crippen LogP contribution in [-0.2, 0) is 16.0 Å². The van der Waals surface area contributed by atoms with Crippen LogP contribution in [0.4, 0.5) is 0 Å². The molecule has 1 fully saturated rings. The lowest BCUT2D eigenvalue weighted by Crippen LogP contribution is -2.18. The van der Waals surface area contributed by atoms with Crippen molar-refractivity contribution in [2.45, 2.75) is 39.3 Å².